The number of carbonyl (C=O) groups is 1. The number of rotatable bonds is 2. The molecule has 92 valence electrons. The van der Waals surface area contributed by atoms with Gasteiger partial charge in [-0.15, -0.1) is 0 Å². The predicted octanol–water partition coefficient (Wildman–Crippen LogP) is 2.79. The predicted molar refractivity (Wildman–Crippen MR) is 68.7 cm³/mol. The molecule has 0 saturated carbocycles. The van der Waals surface area contributed by atoms with Crippen LogP contribution in [-0.4, -0.2) is 24.2 Å². The second kappa shape index (κ2) is 4.40. The van der Waals surface area contributed by atoms with Crippen LogP contribution in [0.2, 0.25) is 0 Å². The van der Waals surface area contributed by atoms with Crippen LogP contribution in [0.15, 0.2) is 18.2 Å². The van der Waals surface area contributed by atoms with Gasteiger partial charge in [0.15, 0.2) is 0 Å². The Hall–Kier alpha value is -1.51. The molecular formula is C14H19NO2. The fraction of sp³-hybridized carbons (Fsp3) is 0.500. The van der Waals surface area contributed by atoms with E-state index in [1.807, 2.05) is 13.0 Å². The summed E-state index contributed by atoms with van der Waals surface area (Å²) >= 11 is 0. The molecule has 2 rings (SSSR count). The highest BCUT2D eigenvalue weighted by atomic mass is 16.4. The van der Waals surface area contributed by atoms with Gasteiger partial charge in [0.05, 0.1) is 5.56 Å². The Balaban J connectivity index is 2.26. The topological polar surface area (TPSA) is 40.5 Å². The van der Waals surface area contributed by atoms with Gasteiger partial charge < -0.3 is 10.0 Å². The van der Waals surface area contributed by atoms with Crippen LogP contribution in [0.3, 0.4) is 0 Å². The van der Waals surface area contributed by atoms with Crippen LogP contribution >= 0.6 is 0 Å². The number of anilines is 1. The van der Waals surface area contributed by atoms with Gasteiger partial charge in [0.2, 0.25) is 0 Å². The van der Waals surface area contributed by atoms with Gasteiger partial charge in [0.1, 0.15) is 0 Å². The molecule has 2 unspecified atom stereocenters. The number of aromatic carboxylic acids is 1. The minimum atomic E-state index is -0.859. The maximum atomic E-state index is 10.9. The lowest BCUT2D eigenvalue weighted by Gasteiger charge is -2.21. The molecule has 1 N–H and O–H groups in total. The van der Waals surface area contributed by atoms with Gasteiger partial charge in [-0.25, -0.2) is 4.79 Å². The number of nitrogens with zero attached hydrogens (tertiary/aromatic N) is 1. The molecule has 0 bridgehead atoms. The Kier molecular flexibility index (Phi) is 3.09. The lowest BCUT2D eigenvalue weighted by atomic mass is 10.0. The van der Waals surface area contributed by atoms with Crippen molar-refractivity contribution >= 4 is 11.7 Å². The molecule has 1 saturated heterocycles. The van der Waals surface area contributed by atoms with E-state index in [9.17, 15) is 4.79 Å². The average molecular weight is 233 g/mol. The SMILES string of the molecule is Cc1cc(C(=O)O)ccc1N1CC(C)C(C)C1. The highest BCUT2D eigenvalue weighted by Gasteiger charge is 2.26. The Morgan fingerprint density at radius 1 is 1.29 bits per heavy atom. The molecule has 2 atom stereocenters. The van der Waals surface area contributed by atoms with Gasteiger partial charge in [-0.1, -0.05) is 13.8 Å². The molecule has 1 aliphatic rings. The Morgan fingerprint density at radius 2 is 1.88 bits per heavy atom. The van der Waals surface area contributed by atoms with Crippen LogP contribution in [0, 0.1) is 18.8 Å². The van der Waals surface area contributed by atoms with E-state index in [1.54, 1.807) is 12.1 Å². The van der Waals surface area contributed by atoms with Crippen molar-refractivity contribution in [2.24, 2.45) is 11.8 Å². The van der Waals surface area contributed by atoms with E-state index in [2.05, 4.69) is 18.7 Å². The van der Waals surface area contributed by atoms with Crippen molar-refractivity contribution < 1.29 is 9.90 Å². The van der Waals surface area contributed by atoms with Gasteiger partial charge in [-0.3, -0.25) is 0 Å². The van der Waals surface area contributed by atoms with Crippen LogP contribution in [0.5, 0.6) is 0 Å². The lowest BCUT2D eigenvalue weighted by molar-refractivity contribution is 0.0697. The van der Waals surface area contributed by atoms with Crippen molar-refractivity contribution in [2.45, 2.75) is 20.8 Å². The normalized spacial score (nSPS) is 24.1. The Labute approximate surface area is 102 Å². The van der Waals surface area contributed by atoms with Gasteiger partial charge in [0.25, 0.3) is 0 Å². The van der Waals surface area contributed by atoms with Gasteiger partial charge in [0, 0.05) is 18.8 Å². The van der Waals surface area contributed by atoms with Gasteiger partial charge >= 0.3 is 5.97 Å². The van der Waals surface area contributed by atoms with Crippen LogP contribution in [0.25, 0.3) is 0 Å². The fourth-order valence-electron chi connectivity index (χ4n) is 2.47. The number of aryl methyl sites for hydroxylation is 1. The number of carboxylic acid groups (broad SMARTS) is 1. The molecule has 1 aromatic carbocycles. The molecular weight excluding hydrogens is 214 g/mol. The minimum Gasteiger partial charge on any atom is -0.478 e. The van der Waals surface area contributed by atoms with Crippen LogP contribution in [0.4, 0.5) is 5.69 Å². The summed E-state index contributed by atoms with van der Waals surface area (Å²) in [7, 11) is 0. The molecule has 1 fully saturated rings. The average Bonchev–Trinajstić information content (AvgIpc) is 2.58. The van der Waals surface area contributed by atoms with Crippen molar-refractivity contribution in [1.29, 1.82) is 0 Å². The summed E-state index contributed by atoms with van der Waals surface area (Å²) in [6.45, 7) is 8.65. The third-order valence-corrected chi connectivity index (χ3v) is 3.77. The fourth-order valence-corrected chi connectivity index (χ4v) is 2.47. The largest absolute Gasteiger partial charge is 0.478 e. The third kappa shape index (κ3) is 2.28. The molecule has 1 heterocycles. The summed E-state index contributed by atoms with van der Waals surface area (Å²) in [5.41, 5.74) is 2.59. The van der Waals surface area contributed by atoms with Crippen LogP contribution in [0.1, 0.15) is 29.8 Å². The summed E-state index contributed by atoms with van der Waals surface area (Å²) < 4.78 is 0. The van der Waals surface area contributed by atoms with E-state index in [4.69, 9.17) is 5.11 Å². The minimum absolute atomic E-state index is 0.367. The first-order valence-electron chi connectivity index (χ1n) is 6.08. The Bertz CT molecular complexity index is 432. The first kappa shape index (κ1) is 12.0. The molecule has 3 nitrogen and oxygen atoms in total. The molecule has 0 aliphatic carbocycles. The molecule has 1 aromatic rings. The first-order chi connectivity index (χ1) is 7.99. The van der Waals surface area contributed by atoms with E-state index in [1.165, 1.54) is 5.69 Å². The van der Waals surface area contributed by atoms with E-state index < -0.39 is 5.97 Å². The molecule has 0 radical (unpaired) electrons. The molecule has 1 aliphatic heterocycles. The zero-order valence-corrected chi connectivity index (χ0v) is 10.6. The monoisotopic (exact) mass is 233 g/mol. The Morgan fingerprint density at radius 3 is 2.35 bits per heavy atom. The third-order valence-electron chi connectivity index (χ3n) is 3.77. The number of hydrogen-bond donors (Lipinski definition) is 1. The molecule has 17 heavy (non-hydrogen) atoms. The van der Waals surface area contributed by atoms with Crippen molar-refractivity contribution in [3.8, 4) is 0 Å². The van der Waals surface area contributed by atoms with Crippen LogP contribution in [-0.2, 0) is 0 Å². The smallest absolute Gasteiger partial charge is 0.335 e. The van der Waals surface area contributed by atoms with Gasteiger partial charge in [-0.05, 0) is 42.5 Å². The maximum Gasteiger partial charge on any atom is 0.335 e. The van der Waals surface area contributed by atoms with E-state index >= 15 is 0 Å². The van der Waals surface area contributed by atoms with Crippen molar-refractivity contribution in [3.05, 3.63) is 29.3 Å². The molecule has 0 aromatic heterocycles. The molecule has 0 spiro atoms. The van der Waals surface area contributed by atoms with E-state index in [0.717, 1.165) is 18.7 Å². The zero-order chi connectivity index (χ0) is 12.6. The number of hydrogen-bond acceptors (Lipinski definition) is 2. The quantitative estimate of drug-likeness (QED) is 0.854. The second-order valence-electron chi connectivity index (χ2n) is 5.17. The van der Waals surface area contributed by atoms with Crippen molar-refractivity contribution in [2.75, 3.05) is 18.0 Å². The van der Waals surface area contributed by atoms with Gasteiger partial charge in [-0.2, -0.15) is 0 Å². The second-order valence-corrected chi connectivity index (χ2v) is 5.17. The highest BCUT2D eigenvalue weighted by molar-refractivity contribution is 5.88. The van der Waals surface area contributed by atoms with Crippen molar-refractivity contribution in [3.63, 3.8) is 0 Å². The standard InChI is InChI=1S/C14H19NO2/c1-9-6-12(14(16)17)4-5-13(9)15-7-10(2)11(3)8-15/h4-6,10-11H,7-8H2,1-3H3,(H,16,17). The summed E-state index contributed by atoms with van der Waals surface area (Å²) in [5.74, 6) is 0.546. The molecule has 0 amide bonds. The lowest BCUT2D eigenvalue weighted by Crippen LogP contribution is -2.20. The number of carboxylic acids is 1. The summed E-state index contributed by atoms with van der Waals surface area (Å²) in [4.78, 5) is 13.2. The summed E-state index contributed by atoms with van der Waals surface area (Å²) in [6.07, 6.45) is 0. The number of benzene rings is 1. The summed E-state index contributed by atoms with van der Waals surface area (Å²) in [6, 6.07) is 5.38. The van der Waals surface area contributed by atoms with E-state index in [0.29, 0.717) is 17.4 Å². The van der Waals surface area contributed by atoms with Crippen LogP contribution < -0.4 is 4.90 Å². The van der Waals surface area contributed by atoms with Crippen molar-refractivity contribution in [1.82, 2.24) is 0 Å². The highest BCUT2D eigenvalue weighted by Crippen LogP contribution is 2.30. The first-order valence-corrected chi connectivity index (χ1v) is 6.08. The molecule has 3 heteroatoms. The van der Waals surface area contributed by atoms with E-state index in [-0.39, 0.29) is 0 Å². The summed E-state index contributed by atoms with van der Waals surface area (Å²) in [5, 5.41) is 8.94. The maximum absolute atomic E-state index is 10.9. The zero-order valence-electron chi connectivity index (χ0n) is 10.6.